The Labute approximate surface area is 199 Å². The maximum atomic E-state index is 6.40. The van der Waals surface area contributed by atoms with Gasteiger partial charge in [0.05, 0.1) is 16.8 Å². The lowest BCUT2D eigenvalue weighted by Gasteiger charge is -2.41. The summed E-state index contributed by atoms with van der Waals surface area (Å²) < 4.78 is 2.03. The van der Waals surface area contributed by atoms with E-state index in [0.29, 0.717) is 10.0 Å². The standard InChI is InChI=1S/C16H15Cl3N2S.C8H8/c17-12-3-1-11(2-4-12)16-10-20(22)7-8-21(16)15-6-5-13(18)9-14(15)19;1-2-8-6-4-3-5-7-8/h1-6,9,16,22H,7-8,10H2;2-7H,1H2. The summed E-state index contributed by atoms with van der Waals surface area (Å²) in [5.74, 6) is 0. The van der Waals surface area contributed by atoms with Crippen molar-refractivity contribution in [3.8, 4) is 0 Å². The molecule has 3 aromatic rings. The molecule has 1 aliphatic rings. The SMILES string of the molecule is C=Cc1ccccc1.SN1CCN(c2ccc(Cl)cc2Cl)C(c2ccc(Cl)cc2)C1. The van der Waals surface area contributed by atoms with Gasteiger partial charge in [-0.3, -0.25) is 0 Å². The molecule has 0 aromatic heterocycles. The molecule has 6 heteroatoms. The first-order chi connectivity index (χ1) is 14.5. The van der Waals surface area contributed by atoms with Gasteiger partial charge >= 0.3 is 0 Å². The second kappa shape index (κ2) is 11.1. The summed E-state index contributed by atoms with van der Waals surface area (Å²) in [6, 6.07) is 23.8. The molecular weight excluding hydrogens is 455 g/mol. The Bertz CT molecular complexity index is 964. The van der Waals surface area contributed by atoms with Gasteiger partial charge in [0.2, 0.25) is 0 Å². The van der Waals surface area contributed by atoms with Crippen molar-refractivity contribution in [2.75, 3.05) is 24.5 Å². The highest BCUT2D eigenvalue weighted by atomic mass is 35.5. The van der Waals surface area contributed by atoms with Crippen LogP contribution in [0.25, 0.3) is 6.08 Å². The molecule has 1 aliphatic heterocycles. The Kier molecular flexibility index (Phi) is 8.55. The number of hydrogen-bond acceptors (Lipinski definition) is 3. The van der Waals surface area contributed by atoms with Gasteiger partial charge in [0, 0.05) is 29.7 Å². The molecule has 1 atom stereocenters. The molecule has 0 saturated carbocycles. The summed E-state index contributed by atoms with van der Waals surface area (Å²) in [6.07, 6.45) is 1.83. The van der Waals surface area contributed by atoms with Crippen LogP contribution in [0.5, 0.6) is 0 Å². The van der Waals surface area contributed by atoms with Crippen LogP contribution in [0.4, 0.5) is 5.69 Å². The van der Waals surface area contributed by atoms with Crippen molar-refractivity contribution >= 4 is 59.4 Å². The molecular formula is C24H23Cl3N2S. The summed E-state index contributed by atoms with van der Waals surface area (Å²) in [7, 11) is 0. The molecule has 1 unspecified atom stereocenters. The number of piperazine rings is 1. The lowest BCUT2D eigenvalue weighted by atomic mass is 10.0. The van der Waals surface area contributed by atoms with Crippen LogP contribution in [0.3, 0.4) is 0 Å². The molecule has 30 heavy (non-hydrogen) atoms. The lowest BCUT2D eigenvalue weighted by Crippen LogP contribution is -2.45. The molecule has 2 nitrogen and oxygen atoms in total. The van der Waals surface area contributed by atoms with E-state index in [-0.39, 0.29) is 6.04 Å². The third-order valence-electron chi connectivity index (χ3n) is 4.87. The van der Waals surface area contributed by atoms with Crippen LogP contribution in [0.2, 0.25) is 15.1 Å². The predicted octanol–water partition coefficient (Wildman–Crippen LogP) is 7.68. The van der Waals surface area contributed by atoms with Gasteiger partial charge in [0.1, 0.15) is 0 Å². The van der Waals surface area contributed by atoms with E-state index in [0.717, 1.165) is 30.3 Å². The minimum absolute atomic E-state index is 0.169. The molecule has 0 N–H and O–H groups in total. The first-order valence-electron chi connectivity index (χ1n) is 9.56. The second-order valence-electron chi connectivity index (χ2n) is 6.88. The van der Waals surface area contributed by atoms with Crippen LogP contribution in [0.15, 0.2) is 79.4 Å². The van der Waals surface area contributed by atoms with Gasteiger partial charge in [-0.05, 0) is 41.5 Å². The number of nitrogens with zero attached hydrogens (tertiary/aromatic N) is 2. The number of halogens is 3. The molecule has 0 spiro atoms. The molecule has 1 fully saturated rings. The largest absolute Gasteiger partial charge is 0.361 e. The highest BCUT2D eigenvalue weighted by Gasteiger charge is 2.28. The van der Waals surface area contributed by atoms with Crippen molar-refractivity contribution in [1.82, 2.24) is 4.31 Å². The molecule has 0 bridgehead atoms. The minimum Gasteiger partial charge on any atom is -0.361 e. The Morgan fingerprint density at radius 1 is 0.867 bits per heavy atom. The fourth-order valence-electron chi connectivity index (χ4n) is 3.33. The van der Waals surface area contributed by atoms with Crippen molar-refractivity contribution in [2.24, 2.45) is 0 Å². The third kappa shape index (κ3) is 6.19. The zero-order valence-electron chi connectivity index (χ0n) is 16.4. The van der Waals surface area contributed by atoms with Crippen LogP contribution < -0.4 is 4.90 Å². The minimum atomic E-state index is 0.169. The predicted molar refractivity (Wildman–Crippen MR) is 135 cm³/mol. The monoisotopic (exact) mass is 476 g/mol. The van der Waals surface area contributed by atoms with Gasteiger partial charge in [-0.2, -0.15) is 0 Å². The topological polar surface area (TPSA) is 6.48 Å². The van der Waals surface area contributed by atoms with Crippen LogP contribution in [-0.2, 0) is 0 Å². The van der Waals surface area contributed by atoms with E-state index < -0.39 is 0 Å². The van der Waals surface area contributed by atoms with Crippen LogP contribution in [0, 0.1) is 0 Å². The molecule has 1 heterocycles. The highest BCUT2D eigenvalue weighted by molar-refractivity contribution is 7.77. The molecule has 3 aromatic carbocycles. The van der Waals surface area contributed by atoms with Crippen molar-refractivity contribution in [3.63, 3.8) is 0 Å². The fraction of sp³-hybridized carbons (Fsp3) is 0.167. The van der Waals surface area contributed by atoms with Crippen LogP contribution in [-0.4, -0.2) is 23.9 Å². The summed E-state index contributed by atoms with van der Waals surface area (Å²) in [5.41, 5.74) is 3.36. The van der Waals surface area contributed by atoms with Crippen molar-refractivity contribution in [2.45, 2.75) is 6.04 Å². The number of anilines is 1. The quantitative estimate of drug-likeness (QED) is 0.386. The Hall–Kier alpha value is -1.62. The first kappa shape index (κ1) is 23.1. The van der Waals surface area contributed by atoms with Gasteiger partial charge in [0.25, 0.3) is 0 Å². The molecule has 0 amide bonds. The Morgan fingerprint density at radius 2 is 1.53 bits per heavy atom. The van der Waals surface area contributed by atoms with Gasteiger partial charge in [-0.25, -0.2) is 4.31 Å². The van der Waals surface area contributed by atoms with E-state index in [1.165, 1.54) is 11.1 Å². The maximum Gasteiger partial charge on any atom is 0.0679 e. The smallest absolute Gasteiger partial charge is 0.0679 e. The highest BCUT2D eigenvalue weighted by Crippen LogP contribution is 2.37. The number of hydrogen-bond donors (Lipinski definition) is 1. The van der Waals surface area contributed by atoms with Crippen LogP contribution >= 0.6 is 47.6 Å². The zero-order chi connectivity index (χ0) is 21.5. The van der Waals surface area contributed by atoms with E-state index in [9.17, 15) is 0 Å². The Balaban J connectivity index is 0.000000269. The maximum absolute atomic E-state index is 6.40. The summed E-state index contributed by atoms with van der Waals surface area (Å²) >= 11 is 22.9. The second-order valence-corrected chi connectivity index (χ2v) is 8.73. The van der Waals surface area contributed by atoms with Gasteiger partial charge < -0.3 is 4.90 Å². The van der Waals surface area contributed by atoms with Gasteiger partial charge in [-0.1, -0.05) is 103 Å². The van der Waals surface area contributed by atoms with Crippen LogP contribution in [0.1, 0.15) is 17.2 Å². The Morgan fingerprint density at radius 3 is 2.13 bits per heavy atom. The molecule has 4 rings (SSSR count). The zero-order valence-corrected chi connectivity index (χ0v) is 19.5. The van der Waals surface area contributed by atoms with E-state index in [1.807, 2.05) is 65.0 Å². The van der Waals surface area contributed by atoms with E-state index >= 15 is 0 Å². The lowest BCUT2D eigenvalue weighted by molar-refractivity contribution is 0.369. The number of benzene rings is 3. The van der Waals surface area contributed by atoms with Gasteiger partial charge in [0.15, 0.2) is 0 Å². The molecule has 0 radical (unpaired) electrons. The summed E-state index contributed by atoms with van der Waals surface area (Å²) in [5, 5.41) is 2.04. The first-order valence-corrected chi connectivity index (χ1v) is 11.1. The molecule has 1 saturated heterocycles. The molecule has 0 aliphatic carbocycles. The average Bonchev–Trinajstić information content (AvgIpc) is 2.76. The summed E-state index contributed by atoms with van der Waals surface area (Å²) in [6.45, 7) is 6.15. The van der Waals surface area contributed by atoms with E-state index in [4.69, 9.17) is 34.8 Å². The van der Waals surface area contributed by atoms with E-state index in [2.05, 4.69) is 36.4 Å². The third-order valence-corrected chi connectivity index (χ3v) is 6.02. The van der Waals surface area contributed by atoms with Crippen molar-refractivity contribution in [1.29, 1.82) is 0 Å². The number of thiol groups is 1. The van der Waals surface area contributed by atoms with Crippen molar-refractivity contribution in [3.05, 3.63) is 106 Å². The van der Waals surface area contributed by atoms with Crippen molar-refractivity contribution < 1.29 is 0 Å². The average molecular weight is 478 g/mol. The number of rotatable bonds is 3. The van der Waals surface area contributed by atoms with E-state index in [1.54, 1.807) is 6.07 Å². The molecule has 156 valence electrons. The normalized spacial score (nSPS) is 16.5. The summed E-state index contributed by atoms with van der Waals surface area (Å²) in [4.78, 5) is 2.30. The fourth-order valence-corrected chi connectivity index (χ4v) is 4.22. The van der Waals surface area contributed by atoms with Gasteiger partial charge in [-0.15, -0.1) is 0 Å².